The topological polar surface area (TPSA) is 51.2 Å². The predicted molar refractivity (Wildman–Crippen MR) is 55.6 cm³/mol. The first-order chi connectivity index (χ1) is 6.69. The van der Waals surface area contributed by atoms with Gasteiger partial charge in [0, 0.05) is 6.54 Å². The van der Waals surface area contributed by atoms with Crippen LogP contribution in [0.4, 0.5) is 0 Å². The van der Waals surface area contributed by atoms with Gasteiger partial charge in [-0.05, 0) is 13.5 Å². The van der Waals surface area contributed by atoms with Crippen molar-refractivity contribution in [2.45, 2.75) is 20.4 Å². The Morgan fingerprint density at radius 3 is 2.93 bits per heavy atom. The number of hydrogen-bond donors (Lipinski definition) is 1. The molecule has 0 fully saturated rings. The number of carbonyl (C=O) groups is 1. The number of ether oxygens (including phenoxy) is 1. The molecule has 0 spiro atoms. The van der Waals surface area contributed by atoms with Crippen molar-refractivity contribution in [3.8, 4) is 0 Å². The average Bonchev–Trinajstić information content (AvgIpc) is 2.55. The highest BCUT2D eigenvalue weighted by molar-refractivity contribution is 7.13. The standard InChI is InChI=1S/C9H14N2O2S/c1-4-10-5-7-11-6(2)8(14-7)9(12)13-3/h10H,4-5H2,1-3H3. The molecule has 0 atom stereocenters. The highest BCUT2D eigenvalue weighted by atomic mass is 32.1. The average molecular weight is 214 g/mol. The molecule has 0 aromatic carbocycles. The van der Waals surface area contributed by atoms with Crippen molar-refractivity contribution < 1.29 is 9.53 Å². The number of thiazole rings is 1. The van der Waals surface area contributed by atoms with Gasteiger partial charge in [-0.15, -0.1) is 11.3 Å². The summed E-state index contributed by atoms with van der Waals surface area (Å²) in [6, 6.07) is 0. The van der Waals surface area contributed by atoms with Crippen molar-refractivity contribution in [1.29, 1.82) is 0 Å². The number of aromatic nitrogens is 1. The number of esters is 1. The number of hydrogen-bond acceptors (Lipinski definition) is 5. The SMILES string of the molecule is CCNCc1nc(C)c(C(=O)OC)s1. The van der Waals surface area contributed by atoms with Gasteiger partial charge in [-0.1, -0.05) is 6.92 Å². The van der Waals surface area contributed by atoms with Gasteiger partial charge >= 0.3 is 5.97 Å². The maximum absolute atomic E-state index is 11.2. The van der Waals surface area contributed by atoms with Crippen LogP contribution in [0.3, 0.4) is 0 Å². The molecule has 0 bridgehead atoms. The lowest BCUT2D eigenvalue weighted by molar-refractivity contribution is 0.0605. The van der Waals surface area contributed by atoms with Crippen molar-refractivity contribution in [3.05, 3.63) is 15.6 Å². The Morgan fingerprint density at radius 2 is 2.36 bits per heavy atom. The van der Waals surface area contributed by atoms with Gasteiger partial charge in [0.15, 0.2) is 0 Å². The van der Waals surface area contributed by atoms with Crippen molar-refractivity contribution in [2.24, 2.45) is 0 Å². The van der Waals surface area contributed by atoms with E-state index in [0.29, 0.717) is 11.4 Å². The normalized spacial score (nSPS) is 10.2. The van der Waals surface area contributed by atoms with Crippen molar-refractivity contribution in [2.75, 3.05) is 13.7 Å². The van der Waals surface area contributed by atoms with E-state index in [2.05, 4.69) is 15.0 Å². The molecule has 1 aromatic rings. The summed E-state index contributed by atoms with van der Waals surface area (Å²) in [6.07, 6.45) is 0. The monoisotopic (exact) mass is 214 g/mol. The van der Waals surface area contributed by atoms with Crippen LogP contribution < -0.4 is 5.32 Å². The lowest BCUT2D eigenvalue weighted by Crippen LogP contribution is -2.11. The third kappa shape index (κ3) is 2.52. The van der Waals surface area contributed by atoms with Crippen LogP contribution in [0.1, 0.15) is 27.3 Å². The molecule has 78 valence electrons. The predicted octanol–water partition coefficient (Wildman–Crippen LogP) is 1.35. The van der Waals surface area contributed by atoms with Crippen LogP contribution in [-0.4, -0.2) is 24.6 Å². The molecule has 4 nitrogen and oxygen atoms in total. The highest BCUT2D eigenvalue weighted by Gasteiger charge is 2.14. The van der Waals surface area contributed by atoms with Gasteiger partial charge in [0.25, 0.3) is 0 Å². The van der Waals surface area contributed by atoms with Crippen LogP contribution in [0.25, 0.3) is 0 Å². The van der Waals surface area contributed by atoms with Crippen molar-refractivity contribution >= 4 is 17.3 Å². The minimum atomic E-state index is -0.303. The van der Waals surface area contributed by atoms with E-state index >= 15 is 0 Å². The van der Waals surface area contributed by atoms with E-state index in [-0.39, 0.29) is 5.97 Å². The van der Waals surface area contributed by atoms with E-state index in [1.165, 1.54) is 18.4 Å². The lowest BCUT2D eigenvalue weighted by Gasteiger charge is -1.94. The minimum Gasteiger partial charge on any atom is -0.465 e. The molecule has 0 aliphatic heterocycles. The molecule has 1 N–H and O–H groups in total. The first-order valence-corrected chi connectivity index (χ1v) is 5.26. The quantitative estimate of drug-likeness (QED) is 0.769. The third-order valence-electron chi connectivity index (χ3n) is 1.74. The third-order valence-corrected chi connectivity index (χ3v) is 2.88. The molecular weight excluding hydrogens is 200 g/mol. The first kappa shape index (κ1) is 11.1. The van der Waals surface area contributed by atoms with E-state index in [0.717, 1.165) is 17.2 Å². The van der Waals surface area contributed by atoms with E-state index in [9.17, 15) is 4.79 Å². The number of nitrogens with one attached hydrogen (secondary N) is 1. The molecular formula is C9H14N2O2S. The van der Waals surface area contributed by atoms with Gasteiger partial charge in [-0.2, -0.15) is 0 Å². The summed E-state index contributed by atoms with van der Waals surface area (Å²) in [6.45, 7) is 5.45. The molecule has 0 amide bonds. The van der Waals surface area contributed by atoms with Crippen LogP contribution in [0.2, 0.25) is 0 Å². The fraction of sp³-hybridized carbons (Fsp3) is 0.556. The van der Waals surface area contributed by atoms with E-state index in [1.54, 1.807) is 0 Å². The molecule has 1 aromatic heterocycles. The number of methoxy groups -OCH3 is 1. The molecule has 0 aliphatic carbocycles. The largest absolute Gasteiger partial charge is 0.465 e. The summed E-state index contributed by atoms with van der Waals surface area (Å²) in [5, 5.41) is 4.08. The minimum absolute atomic E-state index is 0.303. The molecule has 1 rings (SSSR count). The van der Waals surface area contributed by atoms with Crippen LogP contribution in [0.15, 0.2) is 0 Å². The van der Waals surface area contributed by atoms with Crippen LogP contribution >= 0.6 is 11.3 Å². The first-order valence-electron chi connectivity index (χ1n) is 4.44. The maximum Gasteiger partial charge on any atom is 0.349 e. The summed E-state index contributed by atoms with van der Waals surface area (Å²) >= 11 is 1.38. The second-order valence-electron chi connectivity index (χ2n) is 2.79. The van der Waals surface area contributed by atoms with Crippen LogP contribution in [0.5, 0.6) is 0 Å². The van der Waals surface area contributed by atoms with Gasteiger partial charge < -0.3 is 10.1 Å². The highest BCUT2D eigenvalue weighted by Crippen LogP contribution is 2.18. The second kappa shape index (κ2) is 5.07. The Balaban J connectivity index is 2.77. The van der Waals surface area contributed by atoms with Gasteiger partial charge in [-0.25, -0.2) is 9.78 Å². The molecule has 0 saturated heterocycles. The Kier molecular flexibility index (Phi) is 4.03. The summed E-state index contributed by atoms with van der Waals surface area (Å²) in [5.74, 6) is -0.303. The Hall–Kier alpha value is -0.940. The van der Waals surface area contributed by atoms with E-state index < -0.39 is 0 Å². The van der Waals surface area contributed by atoms with Crippen molar-refractivity contribution in [3.63, 3.8) is 0 Å². The van der Waals surface area contributed by atoms with E-state index in [4.69, 9.17) is 0 Å². The van der Waals surface area contributed by atoms with Gasteiger partial charge in [0.05, 0.1) is 12.8 Å². The Morgan fingerprint density at radius 1 is 1.64 bits per heavy atom. The van der Waals surface area contributed by atoms with E-state index in [1.807, 2.05) is 13.8 Å². The molecule has 0 aliphatic rings. The number of rotatable bonds is 4. The van der Waals surface area contributed by atoms with Gasteiger partial charge in [-0.3, -0.25) is 0 Å². The Labute approximate surface area is 87.3 Å². The fourth-order valence-electron chi connectivity index (χ4n) is 1.04. The molecule has 5 heteroatoms. The summed E-state index contributed by atoms with van der Waals surface area (Å²) in [5.41, 5.74) is 0.745. The zero-order valence-electron chi connectivity index (χ0n) is 8.59. The zero-order chi connectivity index (χ0) is 10.6. The van der Waals surface area contributed by atoms with Crippen LogP contribution in [0, 0.1) is 6.92 Å². The van der Waals surface area contributed by atoms with Crippen molar-refractivity contribution in [1.82, 2.24) is 10.3 Å². The lowest BCUT2D eigenvalue weighted by atomic mass is 10.4. The summed E-state index contributed by atoms with van der Waals surface area (Å²) in [4.78, 5) is 16.1. The summed E-state index contributed by atoms with van der Waals surface area (Å²) in [7, 11) is 1.38. The number of nitrogens with zero attached hydrogens (tertiary/aromatic N) is 1. The molecule has 14 heavy (non-hydrogen) atoms. The second-order valence-corrected chi connectivity index (χ2v) is 3.88. The molecule has 1 heterocycles. The summed E-state index contributed by atoms with van der Waals surface area (Å²) < 4.78 is 4.65. The smallest absolute Gasteiger partial charge is 0.349 e. The zero-order valence-corrected chi connectivity index (χ0v) is 9.40. The number of aryl methyl sites for hydroxylation is 1. The molecule has 0 saturated carbocycles. The van der Waals surface area contributed by atoms with Gasteiger partial charge in [0.2, 0.25) is 0 Å². The number of carbonyl (C=O) groups excluding carboxylic acids is 1. The molecule has 0 unspecified atom stereocenters. The molecule has 0 radical (unpaired) electrons. The maximum atomic E-state index is 11.2. The fourth-order valence-corrected chi connectivity index (χ4v) is 1.99. The van der Waals surface area contributed by atoms with Crippen LogP contribution in [-0.2, 0) is 11.3 Å². The van der Waals surface area contributed by atoms with Gasteiger partial charge in [0.1, 0.15) is 9.88 Å². The Bertz CT molecular complexity index is 323.